The van der Waals surface area contributed by atoms with E-state index in [1.54, 1.807) is 6.92 Å². The molecular weight excluding hydrogens is 226 g/mol. The molecule has 3 N–H and O–H groups in total. The Morgan fingerprint density at radius 3 is 2.44 bits per heavy atom. The van der Waals surface area contributed by atoms with E-state index in [0.29, 0.717) is 0 Å². The summed E-state index contributed by atoms with van der Waals surface area (Å²) in [6, 6.07) is 5.89. The molecule has 3 heteroatoms. The van der Waals surface area contributed by atoms with E-state index in [4.69, 9.17) is 10.5 Å². The monoisotopic (exact) mass is 251 g/mol. The van der Waals surface area contributed by atoms with Gasteiger partial charge in [0, 0.05) is 11.6 Å². The zero-order valence-corrected chi connectivity index (χ0v) is 12.0. The fourth-order valence-electron chi connectivity index (χ4n) is 1.53. The predicted molar refractivity (Wildman–Crippen MR) is 74.7 cm³/mol. The molecule has 0 bridgehead atoms. The van der Waals surface area contributed by atoms with Crippen molar-refractivity contribution in [3.63, 3.8) is 0 Å². The van der Waals surface area contributed by atoms with Gasteiger partial charge in [-0.1, -0.05) is 26.0 Å². The molecule has 0 fully saturated rings. The summed E-state index contributed by atoms with van der Waals surface area (Å²) in [5.74, 6) is 0.909. The van der Waals surface area contributed by atoms with Gasteiger partial charge in [-0.25, -0.2) is 0 Å². The lowest BCUT2D eigenvalue weighted by molar-refractivity contribution is -0.0269. The van der Waals surface area contributed by atoms with Crippen LogP contribution < -0.4 is 10.5 Å². The maximum Gasteiger partial charge on any atom is 0.124 e. The van der Waals surface area contributed by atoms with Crippen LogP contribution in [0.25, 0.3) is 0 Å². The largest absolute Gasteiger partial charge is 0.490 e. The molecule has 0 aliphatic rings. The first-order valence-electron chi connectivity index (χ1n) is 6.45. The van der Waals surface area contributed by atoms with Gasteiger partial charge in [0.1, 0.15) is 12.4 Å². The van der Waals surface area contributed by atoms with Gasteiger partial charge in [0.2, 0.25) is 0 Å². The molecule has 0 saturated heterocycles. The van der Waals surface area contributed by atoms with Crippen molar-refractivity contribution >= 4 is 0 Å². The average molecular weight is 251 g/mol. The molecule has 0 aliphatic carbocycles. The topological polar surface area (TPSA) is 55.5 Å². The summed E-state index contributed by atoms with van der Waals surface area (Å²) in [6.45, 7) is 9.96. The molecular formula is C15H25NO2. The highest BCUT2D eigenvalue weighted by Gasteiger charge is 2.26. The first kappa shape index (κ1) is 15.0. The molecule has 3 nitrogen and oxygen atoms in total. The predicted octanol–water partition coefficient (Wildman–Crippen LogP) is 2.80. The Morgan fingerprint density at radius 2 is 1.94 bits per heavy atom. The Balaban J connectivity index is 2.87. The summed E-state index contributed by atoms with van der Waals surface area (Å²) < 4.78 is 5.78. The molecule has 1 aromatic carbocycles. The van der Waals surface area contributed by atoms with Gasteiger partial charge in [0.05, 0.1) is 5.60 Å². The molecule has 2 unspecified atom stereocenters. The Labute approximate surface area is 110 Å². The molecule has 102 valence electrons. The second-order valence-electron chi connectivity index (χ2n) is 5.63. The van der Waals surface area contributed by atoms with Crippen molar-refractivity contribution in [1.82, 2.24) is 0 Å². The van der Waals surface area contributed by atoms with Gasteiger partial charge in [-0.05, 0) is 38.3 Å². The molecule has 18 heavy (non-hydrogen) atoms. The number of hydrogen-bond acceptors (Lipinski definition) is 3. The third kappa shape index (κ3) is 3.72. The highest BCUT2D eigenvalue weighted by molar-refractivity contribution is 5.39. The van der Waals surface area contributed by atoms with Gasteiger partial charge in [0.15, 0.2) is 0 Å². The SMILES string of the molecule is Cc1ccc(C(C)N)c(OCC(C)(O)C(C)C)c1. The van der Waals surface area contributed by atoms with E-state index >= 15 is 0 Å². The number of aryl methyl sites for hydroxylation is 1. The maximum absolute atomic E-state index is 10.2. The van der Waals surface area contributed by atoms with Crippen LogP contribution in [-0.4, -0.2) is 17.3 Å². The molecule has 0 saturated carbocycles. The normalized spacial score (nSPS) is 16.4. The number of ether oxygens (including phenoxy) is 1. The van der Waals surface area contributed by atoms with Gasteiger partial charge in [-0.3, -0.25) is 0 Å². The first-order chi connectivity index (χ1) is 8.24. The van der Waals surface area contributed by atoms with E-state index in [1.165, 1.54) is 0 Å². The summed E-state index contributed by atoms with van der Waals surface area (Å²) in [5.41, 5.74) is 7.18. The summed E-state index contributed by atoms with van der Waals surface area (Å²) in [6.07, 6.45) is 0. The van der Waals surface area contributed by atoms with Crippen molar-refractivity contribution in [3.8, 4) is 5.75 Å². The number of rotatable bonds is 5. The van der Waals surface area contributed by atoms with E-state index in [9.17, 15) is 5.11 Å². The first-order valence-corrected chi connectivity index (χ1v) is 6.45. The molecule has 0 aromatic heterocycles. The molecule has 0 radical (unpaired) electrons. The average Bonchev–Trinajstić information content (AvgIpc) is 2.26. The fourth-order valence-corrected chi connectivity index (χ4v) is 1.53. The second kappa shape index (κ2) is 5.72. The van der Waals surface area contributed by atoms with Gasteiger partial charge < -0.3 is 15.6 Å². The van der Waals surface area contributed by atoms with E-state index in [1.807, 2.05) is 45.9 Å². The van der Waals surface area contributed by atoms with Crippen LogP contribution >= 0.6 is 0 Å². The highest BCUT2D eigenvalue weighted by Crippen LogP contribution is 2.27. The number of nitrogens with two attached hydrogens (primary N) is 1. The van der Waals surface area contributed by atoms with Crippen LogP contribution in [-0.2, 0) is 0 Å². The third-order valence-corrected chi connectivity index (χ3v) is 3.42. The Morgan fingerprint density at radius 1 is 1.33 bits per heavy atom. The summed E-state index contributed by atoms with van der Waals surface area (Å²) in [7, 11) is 0. The van der Waals surface area contributed by atoms with Gasteiger partial charge in [0.25, 0.3) is 0 Å². The fraction of sp³-hybridized carbons (Fsp3) is 0.600. The summed E-state index contributed by atoms with van der Waals surface area (Å²) in [4.78, 5) is 0. The third-order valence-electron chi connectivity index (χ3n) is 3.42. The molecule has 0 spiro atoms. The van der Waals surface area contributed by atoms with E-state index in [2.05, 4.69) is 0 Å². The van der Waals surface area contributed by atoms with Crippen molar-refractivity contribution in [3.05, 3.63) is 29.3 Å². The van der Waals surface area contributed by atoms with Crippen LogP contribution in [0.3, 0.4) is 0 Å². The van der Waals surface area contributed by atoms with Crippen molar-refractivity contribution < 1.29 is 9.84 Å². The Bertz CT molecular complexity index is 397. The second-order valence-corrected chi connectivity index (χ2v) is 5.63. The van der Waals surface area contributed by atoms with Crippen molar-refractivity contribution in [2.24, 2.45) is 11.7 Å². The van der Waals surface area contributed by atoms with Crippen LogP contribution in [0.15, 0.2) is 18.2 Å². The Kier molecular flexibility index (Phi) is 4.77. The van der Waals surface area contributed by atoms with Crippen molar-refractivity contribution in [1.29, 1.82) is 0 Å². The molecule has 1 aromatic rings. The minimum atomic E-state index is -0.834. The number of aliphatic hydroxyl groups is 1. The summed E-state index contributed by atoms with van der Waals surface area (Å²) >= 11 is 0. The molecule has 0 heterocycles. The standard InChI is InChI=1S/C15H25NO2/c1-10(2)15(5,17)9-18-14-8-11(3)6-7-13(14)12(4)16/h6-8,10,12,17H,9,16H2,1-5H3. The molecule has 0 amide bonds. The van der Waals surface area contributed by atoms with E-state index in [0.717, 1.165) is 16.9 Å². The Hall–Kier alpha value is -1.06. The van der Waals surface area contributed by atoms with Crippen LogP contribution in [0.2, 0.25) is 0 Å². The quantitative estimate of drug-likeness (QED) is 0.846. The summed E-state index contributed by atoms with van der Waals surface area (Å²) in [5, 5.41) is 10.2. The molecule has 2 atom stereocenters. The lowest BCUT2D eigenvalue weighted by Gasteiger charge is -2.28. The lowest BCUT2D eigenvalue weighted by Crippen LogP contribution is -2.38. The molecule has 0 aliphatic heterocycles. The van der Waals surface area contributed by atoms with Crippen molar-refractivity contribution in [2.45, 2.75) is 46.3 Å². The van der Waals surface area contributed by atoms with Gasteiger partial charge in [-0.15, -0.1) is 0 Å². The van der Waals surface area contributed by atoms with Crippen molar-refractivity contribution in [2.75, 3.05) is 6.61 Å². The number of hydrogen-bond donors (Lipinski definition) is 2. The van der Waals surface area contributed by atoms with Gasteiger partial charge >= 0.3 is 0 Å². The van der Waals surface area contributed by atoms with Gasteiger partial charge in [-0.2, -0.15) is 0 Å². The van der Waals surface area contributed by atoms with E-state index in [-0.39, 0.29) is 18.6 Å². The zero-order valence-electron chi connectivity index (χ0n) is 12.0. The number of benzene rings is 1. The molecule has 1 rings (SSSR count). The van der Waals surface area contributed by atoms with Crippen LogP contribution in [0.1, 0.15) is 44.9 Å². The maximum atomic E-state index is 10.2. The smallest absolute Gasteiger partial charge is 0.124 e. The highest BCUT2D eigenvalue weighted by atomic mass is 16.5. The van der Waals surface area contributed by atoms with Crippen LogP contribution in [0.5, 0.6) is 5.75 Å². The van der Waals surface area contributed by atoms with Crippen LogP contribution in [0, 0.1) is 12.8 Å². The van der Waals surface area contributed by atoms with Crippen LogP contribution in [0.4, 0.5) is 0 Å². The minimum Gasteiger partial charge on any atom is -0.490 e. The zero-order chi connectivity index (χ0) is 13.9. The van der Waals surface area contributed by atoms with E-state index < -0.39 is 5.60 Å². The lowest BCUT2D eigenvalue weighted by atomic mass is 9.93. The minimum absolute atomic E-state index is 0.0791.